The Hall–Kier alpha value is -0.960. The van der Waals surface area contributed by atoms with E-state index in [9.17, 15) is 13.2 Å². The van der Waals surface area contributed by atoms with Gasteiger partial charge in [-0.15, -0.1) is 11.3 Å². The normalized spacial score (nSPS) is 32.8. The van der Waals surface area contributed by atoms with E-state index in [0.29, 0.717) is 24.8 Å². The van der Waals surface area contributed by atoms with Gasteiger partial charge in [-0.1, -0.05) is 6.92 Å². The summed E-state index contributed by atoms with van der Waals surface area (Å²) in [5.74, 6) is 1.13. The van der Waals surface area contributed by atoms with Crippen molar-refractivity contribution in [1.29, 1.82) is 0 Å². The Balaban J connectivity index is 1.12. The minimum absolute atomic E-state index is 0.0237. The third-order valence-electron chi connectivity index (χ3n) is 8.05. The third-order valence-corrected chi connectivity index (χ3v) is 11.2. The van der Waals surface area contributed by atoms with Crippen LogP contribution in [-0.2, 0) is 37.8 Å². The average molecular weight is 481 g/mol. The predicted octanol–water partition coefficient (Wildman–Crippen LogP) is 2.85. The molecule has 0 radical (unpaired) electrons. The molecule has 1 spiro atoms. The van der Waals surface area contributed by atoms with E-state index < -0.39 is 9.84 Å². The van der Waals surface area contributed by atoms with Crippen molar-refractivity contribution in [1.82, 2.24) is 9.80 Å². The molecule has 0 bridgehead atoms. The molecule has 5 rings (SSSR count). The van der Waals surface area contributed by atoms with Crippen LogP contribution in [0, 0.1) is 11.8 Å². The lowest BCUT2D eigenvalue weighted by Gasteiger charge is -2.50. The summed E-state index contributed by atoms with van der Waals surface area (Å²) < 4.78 is 29.7. The summed E-state index contributed by atoms with van der Waals surface area (Å²) >= 11 is 1.98. The Morgan fingerprint density at radius 2 is 2.12 bits per heavy atom. The van der Waals surface area contributed by atoms with Gasteiger partial charge in [-0.2, -0.15) is 0 Å². The molecular formula is C24H36N2O4S2. The fourth-order valence-corrected chi connectivity index (χ4v) is 9.22. The number of likely N-dealkylation sites (tertiary alicyclic amines) is 2. The molecule has 0 saturated carbocycles. The largest absolute Gasteiger partial charge is 0.370 e. The van der Waals surface area contributed by atoms with Crippen LogP contribution >= 0.6 is 11.3 Å². The van der Waals surface area contributed by atoms with Gasteiger partial charge in [-0.3, -0.25) is 4.79 Å². The van der Waals surface area contributed by atoms with Gasteiger partial charge in [0.25, 0.3) is 0 Å². The summed E-state index contributed by atoms with van der Waals surface area (Å²) in [6.07, 6.45) is 5.29. The fraction of sp³-hybridized carbons (Fsp3) is 0.792. The van der Waals surface area contributed by atoms with E-state index in [1.807, 2.05) is 16.2 Å². The van der Waals surface area contributed by atoms with Crippen molar-refractivity contribution in [2.75, 3.05) is 44.3 Å². The Kier molecular flexibility index (Phi) is 6.18. The molecule has 4 aliphatic rings. The number of hydrogen-bond acceptors (Lipinski definition) is 6. The Bertz CT molecular complexity index is 969. The molecule has 0 aliphatic carbocycles. The summed E-state index contributed by atoms with van der Waals surface area (Å²) in [6, 6.07) is 2.88. The number of amides is 1. The summed E-state index contributed by atoms with van der Waals surface area (Å²) in [6.45, 7) is 9.12. The zero-order chi connectivity index (χ0) is 22.5. The lowest BCUT2D eigenvalue weighted by atomic mass is 9.79. The van der Waals surface area contributed by atoms with Crippen LogP contribution in [-0.4, -0.2) is 74.5 Å². The molecule has 1 unspecified atom stereocenters. The van der Waals surface area contributed by atoms with Gasteiger partial charge in [0, 0.05) is 60.7 Å². The predicted molar refractivity (Wildman–Crippen MR) is 127 cm³/mol. The standard InChI is InChI=1S/C24H36N2O4S2/c1-3-20-11-21-22(31-20)4-8-30-24(21)6-7-25(17(2)12-24)13-19-14-26(15-19)23(27)10-18-5-9-32(28,29)16-18/h11,17-19H,3-10,12-16H2,1-2H3/t17-,18?,24+/m0/s1. The molecule has 3 saturated heterocycles. The molecule has 3 atom stereocenters. The first kappa shape index (κ1) is 22.8. The average Bonchev–Trinajstić information content (AvgIpc) is 3.29. The topological polar surface area (TPSA) is 66.9 Å². The van der Waals surface area contributed by atoms with Gasteiger partial charge in [0.2, 0.25) is 5.91 Å². The highest BCUT2D eigenvalue weighted by Gasteiger charge is 2.45. The van der Waals surface area contributed by atoms with Gasteiger partial charge in [0.15, 0.2) is 9.84 Å². The maximum Gasteiger partial charge on any atom is 0.222 e. The molecule has 5 heterocycles. The second-order valence-electron chi connectivity index (χ2n) is 10.4. The molecule has 8 heteroatoms. The van der Waals surface area contributed by atoms with E-state index in [4.69, 9.17) is 4.74 Å². The van der Waals surface area contributed by atoms with Crippen molar-refractivity contribution < 1.29 is 17.9 Å². The van der Waals surface area contributed by atoms with Gasteiger partial charge in [0.1, 0.15) is 0 Å². The maximum absolute atomic E-state index is 12.5. The summed E-state index contributed by atoms with van der Waals surface area (Å²) in [4.78, 5) is 20.1. The van der Waals surface area contributed by atoms with Crippen LogP contribution in [0.15, 0.2) is 6.07 Å². The number of nitrogens with zero attached hydrogens (tertiary/aromatic N) is 2. The second-order valence-corrected chi connectivity index (χ2v) is 13.9. The Labute approximate surface area is 196 Å². The van der Waals surface area contributed by atoms with Crippen molar-refractivity contribution in [3.05, 3.63) is 21.4 Å². The van der Waals surface area contributed by atoms with E-state index in [1.54, 1.807) is 0 Å². The highest BCUT2D eigenvalue weighted by atomic mass is 32.2. The lowest BCUT2D eigenvalue weighted by Crippen LogP contribution is -2.57. The van der Waals surface area contributed by atoms with Gasteiger partial charge in [-0.05, 0) is 50.2 Å². The molecule has 178 valence electrons. The lowest BCUT2D eigenvalue weighted by molar-refractivity contribution is -0.140. The van der Waals surface area contributed by atoms with Crippen LogP contribution in [0.4, 0.5) is 0 Å². The number of rotatable bonds is 5. The van der Waals surface area contributed by atoms with Crippen molar-refractivity contribution in [3.63, 3.8) is 0 Å². The summed E-state index contributed by atoms with van der Waals surface area (Å²) in [7, 11) is -2.91. The van der Waals surface area contributed by atoms with Crippen molar-refractivity contribution in [2.24, 2.45) is 11.8 Å². The molecule has 3 fully saturated rings. The Morgan fingerprint density at radius 3 is 2.81 bits per heavy atom. The number of thiophene rings is 1. The fourth-order valence-electron chi connectivity index (χ4n) is 6.18. The van der Waals surface area contributed by atoms with E-state index in [-0.39, 0.29) is 28.9 Å². The monoisotopic (exact) mass is 480 g/mol. The molecule has 1 aromatic rings. The van der Waals surface area contributed by atoms with Crippen molar-refractivity contribution in [3.8, 4) is 0 Å². The van der Waals surface area contributed by atoms with Gasteiger partial charge >= 0.3 is 0 Å². The number of sulfone groups is 1. The number of piperidine rings is 1. The van der Waals surface area contributed by atoms with Crippen molar-refractivity contribution >= 4 is 27.1 Å². The number of fused-ring (bicyclic) bond motifs is 2. The van der Waals surface area contributed by atoms with E-state index >= 15 is 0 Å². The van der Waals surface area contributed by atoms with Gasteiger partial charge in [0.05, 0.1) is 23.7 Å². The zero-order valence-corrected chi connectivity index (χ0v) is 21.0. The van der Waals surface area contributed by atoms with Crippen LogP contribution in [0.2, 0.25) is 0 Å². The summed E-state index contributed by atoms with van der Waals surface area (Å²) in [5, 5.41) is 0. The molecular weight excluding hydrogens is 444 g/mol. The highest BCUT2D eigenvalue weighted by Crippen LogP contribution is 2.46. The molecule has 32 heavy (non-hydrogen) atoms. The minimum Gasteiger partial charge on any atom is -0.370 e. The first-order valence-corrected chi connectivity index (χ1v) is 14.9. The zero-order valence-electron chi connectivity index (χ0n) is 19.3. The summed E-state index contributed by atoms with van der Waals surface area (Å²) in [5.41, 5.74) is 1.36. The molecule has 6 nitrogen and oxygen atoms in total. The molecule has 4 aliphatic heterocycles. The van der Waals surface area contributed by atoms with E-state index in [2.05, 4.69) is 24.8 Å². The molecule has 0 aromatic carbocycles. The van der Waals surface area contributed by atoms with Gasteiger partial charge < -0.3 is 14.5 Å². The SMILES string of the molecule is CCc1cc2c(s1)CCO[C@@]21CCN(CC2CN(C(=O)CC3CCS(=O)(=O)C3)C2)[C@@H](C)C1. The van der Waals surface area contributed by atoms with Gasteiger partial charge in [-0.25, -0.2) is 8.42 Å². The molecule has 0 N–H and O–H groups in total. The van der Waals surface area contributed by atoms with Crippen LogP contribution in [0.25, 0.3) is 0 Å². The van der Waals surface area contributed by atoms with Crippen molar-refractivity contribution in [2.45, 2.75) is 64.0 Å². The maximum atomic E-state index is 12.5. The van der Waals surface area contributed by atoms with Crippen LogP contribution < -0.4 is 0 Å². The first-order valence-electron chi connectivity index (χ1n) is 12.2. The van der Waals surface area contributed by atoms with Crippen LogP contribution in [0.3, 0.4) is 0 Å². The van der Waals surface area contributed by atoms with Crippen LogP contribution in [0.1, 0.15) is 54.8 Å². The smallest absolute Gasteiger partial charge is 0.222 e. The molecule has 1 aromatic heterocycles. The number of carbonyl (C=O) groups is 1. The quantitative estimate of drug-likeness (QED) is 0.648. The minimum atomic E-state index is -2.91. The number of carbonyl (C=O) groups excluding carboxylic acids is 1. The number of hydrogen-bond donors (Lipinski definition) is 0. The van der Waals surface area contributed by atoms with Crippen LogP contribution in [0.5, 0.6) is 0 Å². The Morgan fingerprint density at radius 1 is 1.31 bits per heavy atom. The number of aryl methyl sites for hydroxylation is 1. The second kappa shape index (κ2) is 8.67. The first-order chi connectivity index (χ1) is 15.3. The third kappa shape index (κ3) is 4.40. The highest BCUT2D eigenvalue weighted by molar-refractivity contribution is 7.91. The number of ether oxygens (including phenoxy) is 1. The van der Waals surface area contributed by atoms with E-state index in [0.717, 1.165) is 58.5 Å². The van der Waals surface area contributed by atoms with E-state index in [1.165, 1.54) is 15.3 Å². The molecule has 1 amide bonds.